The average Bonchev–Trinajstić information content (AvgIpc) is 2.65. The van der Waals surface area contributed by atoms with Crippen molar-refractivity contribution in [3.05, 3.63) is 30.0 Å². The fourth-order valence-corrected chi connectivity index (χ4v) is 1.67. The first-order chi connectivity index (χ1) is 7.74. The Hall–Kier alpha value is -1.91. The molecular formula is C11H11FN2O2. The molecular weight excluding hydrogens is 211 g/mol. The minimum absolute atomic E-state index is 0.0226. The molecule has 0 aliphatic carbocycles. The number of carbonyl (C=O) groups is 1. The topological polar surface area (TPSA) is 55.1 Å². The van der Waals surface area contributed by atoms with Gasteiger partial charge < -0.3 is 5.11 Å². The van der Waals surface area contributed by atoms with E-state index >= 15 is 0 Å². The number of alkyl halides is 1. The highest BCUT2D eigenvalue weighted by Gasteiger charge is 2.15. The molecule has 0 radical (unpaired) electrons. The van der Waals surface area contributed by atoms with Crippen molar-refractivity contribution >= 4 is 16.9 Å². The Kier molecular flexibility index (Phi) is 2.85. The molecule has 2 aromatic rings. The molecule has 84 valence electrons. The summed E-state index contributed by atoms with van der Waals surface area (Å²) in [6.45, 7) is -0.0408. The van der Waals surface area contributed by atoms with Crippen LogP contribution in [0.3, 0.4) is 0 Å². The fourth-order valence-electron chi connectivity index (χ4n) is 1.67. The van der Waals surface area contributed by atoms with Gasteiger partial charge in [0.1, 0.15) is 0 Å². The van der Waals surface area contributed by atoms with E-state index in [-0.39, 0.29) is 5.69 Å². The molecule has 0 fully saturated rings. The number of benzene rings is 1. The smallest absolute Gasteiger partial charge is 0.357 e. The van der Waals surface area contributed by atoms with Gasteiger partial charge in [-0.2, -0.15) is 5.10 Å². The van der Waals surface area contributed by atoms with E-state index in [1.807, 2.05) is 6.07 Å². The summed E-state index contributed by atoms with van der Waals surface area (Å²) < 4.78 is 13.6. The number of hydrogen-bond donors (Lipinski definition) is 1. The largest absolute Gasteiger partial charge is 0.476 e. The zero-order valence-electron chi connectivity index (χ0n) is 8.56. The number of nitrogens with zero attached hydrogens (tertiary/aromatic N) is 2. The van der Waals surface area contributed by atoms with Gasteiger partial charge in [-0.15, -0.1) is 0 Å². The molecule has 1 N–H and O–H groups in total. The average molecular weight is 222 g/mol. The van der Waals surface area contributed by atoms with Crippen LogP contribution in [0.5, 0.6) is 0 Å². The quantitative estimate of drug-likeness (QED) is 0.861. The van der Waals surface area contributed by atoms with Crippen molar-refractivity contribution in [1.82, 2.24) is 9.78 Å². The number of para-hydroxylation sites is 1. The van der Waals surface area contributed by atoms with Crippen LogP contribution in [0.4, 0.5) is 4.39 Å². The van der Waals surface area contributed by atoms with Crippen LogP contribution in [0.15, 0.2) is 24.3 Å². The van der Waals surface area contributed by atoms with Gasteiger partial charge in [-0.25, -0.2) is 4.79 Å². The summed E-state index contributed by atoms with van der Waals surface area (Å²) in [5.74, 6) is -1.06. The highest BCUT2D eigenvalue weighted by Crippen LogP contribution is 2.18. The van der Waals surface area contributed by atoms with E-state index < -0.39 is 12.6 Å². The minimum Gasteiger partial charge on any atom is -0.476 e. The third kappa shape index (κ3) is 1.76. The maximum absolute atomic E-state index is 12.1. The van der Waals surface area contributed by atoms with Gasteiger partial charge in [0.2, 0.25) is 0 Å². The van der Waals surface area contributed by atoms with Gasteiger partial charge in [0.25, 0.3) is 0 Å². The third-order valence-corrected chi connectivity index (χ3v) is 2.36. The van der Waals surface area contributed by atoms with Crippen LogP contribution in [0.1, 0.15) is 16.9 Å². The van der Waals surface area contributed by atoms with Crippen LogP contribution in [-0.2, 0) is 6.54 Å². The maximum Gasteiger partial charge on any atom is 0.357 e. The van der Waals surface area contributed by atoms with Crippen molar-refractivity contribution in [2.45, 2.75) is 13.0 Å². The predicted molar refractivity (Wildman–Crippen MR) is 57.3 cm³/mol. The molecule has 0 saturated carbocycles. The van der Waals surface area contributed by atoms with Crippen molar-refractivity contribution in [1.29, 1.82) is 0 Å². The van der Waals surface area contributed by atoms with Crippen molar-refractivity contribution in [3.8, 4) is 0 Å². The van der Waals surface area contributed by atoms with Crippen LogP contribution in [0.25, 0.3) is 10.9 Å². The molecule has 0 bridgehead atoms. The zero-order chi connectivity index (χ0) is 11.5. The monoisotopic (exact) mass is 222 g/mol. The lowest BCUT2D eigenvalue weighted by Crippen LogP contribution is -2.03. The molecule has 0 atom stereocenters. The number of aromatic nitrogens is 2. The first-order valence-electron chi connectivity index (χ1n) is 4.99. The van der Waals surface area contributed by atoms with Gasteiger partial charge in [-0.1, -0.05) is 18.2 Å². The lowest BCUT2D eigenvalue weighted by Gasteiger charge is -1.99. The number of aryl methyl sites for hydroxylation is 1. The van der Waals surface area contributed by atoms with Crippen molar-refractivity contribution in [2.24, 2.45) is 0 Å². The second-order valence-corrected chi connectivity index (χ2v) is 3.44. The Balaban J connectivity index is 2.53. The van der Waals surface area contributed by atoms with E-state index in [0.717, 1.165) is 5.52 Å². The standard InChI is InChI=1S/C11H11FN2O2/c12-6-3-7-14-9-5-2-1-4-8(9)10(13-14)11(15)16/h1-2,4-5H,3,6-7H2,(H,15,16). The van der Waals surface area contributed by atoms with Crippen LogP contribution >= 0.6 is 0 Å². The molecule has 5 heteroatoms. The van der Waals surface area contributed by atoms with Gasteiger partial charge in [0, 0.05) is 11.9 Å². The zero-order valence-corrected chi connectivity index (χ0v) is 8.56. The Morgan fingerprint density at radius 1 is 1.44 bits per heavy atom. The van der Waals surface area contributed by atoms with E-state index in [1.54, 1.807) is 22.9 Å². The van der Waals surface area contributed by atoms with Gasteiger partial charge in [0.05, 0.1) is 12.2 Å². The summed E-state index contributed by atoms with van der Waals surface area (Å²) in [6, 6.07) is 7.06. The van der Waals surface area contributed by atoms with Gasteiger partial charge in [0.15, 0.2) is 5.69 Å². The second-order valence-electron chi connectivity index (χ2n) is 3.44. The summed E-state index contributed by atoms with van der Waals surface area (Å²) in [6.07, 6.45) is 0.338. The van der Waals surface area contributed by atoms with Crippen LogP contribution in [-0.4, -0.2) is 27.5 Å². The number of carboxylic acid groups (broad SMARTS) is 1. The highest BCUT2D eigenvalue weighted by atomic mass is 19.1. The molecule has 0 saturated heterocycles. The molecule has 0 amide bonds. The van der Waals surface area contributed by atoms with Crippen LogP contribution in [0.2, 0.25) is 0 Å². The second kappa shape index (κ2) is 4.30. The molecule has 1 aromatic carbocycles. The van der Waals surface area contributed by atoms with Gasteiger partial charge in [-0.05, 0) is 12.5 Å². The maximum atomic E-state index is 12.1. The van der Waals surface area contributed by atoms with Crippen molar-refractivity contribution < 1.29 is 14.3 Å². The van der Waals surface area contributed by atoms with E-state index in [2.05, 4.69) is 5.10 Å². The number of aromatic carboxylic acids is 1. The number of halogens is 1. The summed E-state index contributed by atoms with van der Waals surface area (Å²) in [4.78, 5) is 11.0. The SMILES string of the molecule is O=C(O)c1nn(CCCF)c2ccccc12. The van der Waals surface area contributed by atoms with Crippen LogP contribution in [0, 0.1) is 0 Å². The Labute approximate surface area is 91.3 Å². The predicted octanol–water partition coefficient (Wildman–Crippen LogP) is 2.09. The third-order valence-electron chi connectivity index (χ3n) is 2.36. The molecule has 16 heavy (non-hydrogen) atoms. The van der Waals surface area contributed by atoms with Crippen molar-refractivity contribution in [3.63, 3.8) is 0 Å². The first-order valence-corrected chi connectivity index (χ1v) is 4.99. The van der Waals surface area contributed by atoms with E-state index in [0.29, 0.717) is 18.4 Å². The number of rotatable bonds is 4. The van der Waals surface area contributed by atoms with E-state index in [9.17, 15) is 9.18 Å². The highest BCUT2D eigenvalue weighted by molar-refractivity contribution is 6.01. The molecule has 1 aromatic heterocycles. The molecule has 0 unspecified atom stereocenters. The lowest BCUT2D eigenvalue weighted by atomic mass is 10.2. The molecule has 0 spiro atoms. The molecule has 2 rings (SSSR count). The first kappa shape index (κ1) is 10.6. The summed E-state index contributed by atoms with van der Waals surface area (Å²) >= 11 is 0. The van der Waals surface area contributed by atoms with E-state index in [1.165, 1.54) is 0 Å². The number of hydrogen-bond acceptors (Lipinski definition) is 2. The van der Waals surface area contributed by atoms with E-state index in [4.69, 9.17) is 5.11 Å². The molecule has 1 heterocycles. The number of carboxylic acids is 1. The Morgan fingerprint density at radius 2 is 2.19 bits per heavy atom. The summed E-state index contributed by atoms with van der Waals surface area (Å²) in [7, 11) is 0. The Morgan fingerprint density at radius 3 is 2.88 bits per heavy atom. The minimum atomic E-state index is -1.06. The summed E-state index contributed by atoms with van der Waals surface area (Å²) in [5, 5.41) is 13.5. The molecule has 0 aliphatic rings. The lowest BCUT2D eigenvalue weighted by molar-refractivity contribution is 0.0691. The van der Waals surface area contributed by atoms with Gasteiger partial charge in [-0.3, -0.25) is 9.07 Å². The van der Waals surface area contributed by atoms with Crippen molar-refractivity contribution in [2.75, 3.05) is 6.67 Å². The fraction of sp³-hybridized carbons (Fsp3) is 0.273. The van der Waals surface area contributed by atoms with Gasteiger partial charge >= 0.3 is 5.97 Å². The molecule has 4 nitrogen and oxygen atoms in total. The number of fused-ring (bicyclic) bond motifs is 1. The normalized spacial score (nSPS) is 10.8. The summed E-state index contributed by atoms with van der Waals surface area (Å²) in [5.41, 5.74) is 0.753. The van der Waals surface area contributed by atoms with Crippen LogP contribution < -0.4 is 0 Å². The molecule has 0 aliphatic heterocycles. The Bertz CT molecular complexity index is 522.